The molecule has 1 amide bonds. The van der Waals surface area contributed by atoms with E-state index in [-0.39, 0.29) is 40.9 Å². The Balaban J connectivity index is 0.000000169. The first-order chi connectivity index (χ1) is 43.7. The van der Waals surface area contributed by atoms with Crippen molar-refractivity contribution in [3.8, 4) is 20.9 Å². The topological polar surface area (TPSA) is 274 Å². The highest BCUT2D eigenvalue weighted by atomic mass is 35.5. The van der Waals surface area contributed by atoms with Crippen molar-refractivity contribution in [2.75, 3.05) is 140 Å². The van der Waals surface area contributed by atoms with E-state index in [1.807, 2.05) is 65.4 Å². The summed E-state index contributed by atoms with van der Waals surface area (Å²) in [6.45, 7) is 16.9. The SMILES string of the molecule is CN1CCN(c2cnc(C(=O)Cc3cc(-c4cccs4)ccc3N)cn2)CC1.CN1CCN(c2cnc(C(=O)Cc3cc(-c4cccs4)ccc3NC(=O)OC(C)(C)C)cn2)CC1.COC(=O)c1cnc(Cl)cn1.COC(=O)c1cnc(N2CCN(C)CC2)cn1. The fourth-order valence-corrected chi connectivity index (χ4v) is 10.9. The normalized spacial score (nSPS) is 14.5. The van der Waals surface area contributed by atoms with Gasteiger partial charge in [0.1, 0.15) is 39.6 Å². The number of likely N-dealkylation sites (N-methyl/N-ethyl adjacent to an activating group) is 3. The first-order valence-electron chi connectivity index (χ1n) is 29.3. The van der Waals surface area contributed by atoms with Crippen molar-refractivity contribution in [2.24, 2.45) is 0 Å². The average molecular weight is 1300 g/mol. The lowest BCUT2D eigenvalue weighted by Gasteiger charge is -2.32. The van der Waals surface area contributed by atoms with Crippen molar-refractivity contribution in [3.63, 3.8) is 0 Å². The zero-order valence-electron chi connectivity index (χ0n) is 52.2. The van der Waals surface area contributed by atoms with Crippen LogP contribution in [-0.2, 0) is 27.1 Å². The van der Waals surface area contributed by atoms with E-state index in [0.29, 0.717) is 28.3 Å². The van der Waals surface area contributed by atoms with E-state index in [4.69, 9.17) is 22.1 Å². The highest BCUT2D eigenvalue weighted by Gasteiger charge is 2.23. The lowest BCUT2D eigenvalue weighted by atomic mass is 10.0. The van der Waals surface area contributed by atoms with Gasteiger partial charge in [0.2, 0.25) is 0 Å². The van der Waals surface area contributed by atoms with Crippen LogP contribution >= 0.6 is 34.3 Å². The van der Waals surface area contributed by atoms with Gasteiger partial charge in [0, 0.05) is 113 Å². The number of anilines is 5. The summed E-state index contributed by atoms with van der Waals surface area (Å²) in [6.07, 6.45) is 11.8. The minimum absolute atomic E-state index is 0.0763. The standard InChI is InChI=1S/C26H31N5O3S.C21H23N5OS.C11H16N4O2.C6H5ClN2O2/c1-26(2,3)34-25(33)29-20-8-7-18(23-6-5-13-35-23)14-19(20)15-22(32)21-16-28-24(17-27-21)31-11-9-30(4)10-12-31;1-25-6-8-26(9-7-25)21-14-23-18(13-24-21)19(27)12-16-11-15(4-5-17(16)22)20-3-2-10-28-20;1-14-3-5-15(6-4-14)10-8-12-9(7-13-10)11(16)17-2;1-11-6(10)4-2-9-5(7)3-8-4/h5-8,13-14,16-17H,9-12,15H2,1-4H3,(H,29,33);2-5,10-11,13-14H,6-9,12,22H2,1H3;7-8H,3-6H2,1-2H3;2-3H,1H3. The summed E-state index contributed by atoms with van der Waals surface area (Å²) >= 11 is 8.71. The Labute approximate surface area is 542 Å². The molecule has 0 aliphatic carbocycles. The first-order valence-corrected chi connectivity index (χ1v) is 31.4. The number of benzene rings is 2. The van der Waals surface area contributed by atoms with Crippen molar-refractivity contribution in [1.82, 2.24) is 54.6 Å². The molecule has 3 N–H and O–H groups in total. The summed E-state index contributed by atoms with van der Waals surface area (Å²) < 4.78 is 14.4. The second-order valence-electron chi connectivity index (χ2n) is 22.4. The largest absolute Gasteiger partial charge is 0.464 e. The molecule has 0 atom stereocenters. The van der Waals surface area contributed by atoms with Crippen molar-refractivity contribution in [1.29, 1.82) is 0 Å². The zero-order valence-corrected chi connectivity index (χ0v) is 54.6. The maximum atomic E-state index is 13.1. The van der Waals surface area contributed by atoms with Crippen LogP contribution in [0.3, 0.4) is 0 Å². The molecule has 0 bridgehead atoms. The van der Waals surface area contributed by atoms with E-state index in [1.165, 1.54) is 32.8 Å². The van der Waals surface area contributed by atoms with Gasteiger partial charge in [-0.1, -0.05) is 35.9 Å². The number of amides is 1. The quantitative estimate of drug-likeness (QED) is 0.0446. The first kappa shape index (κ1) is 68.0. The maximum Gasteiger partial charge on any atom is 0.412 e. The van der Waals surface area contributed by atoms with Gasteiger partial charge in [0.25, 0.3) is 0 Å². The van der Waals surface area contributed by atoms with Crippen LogP contribution in [0.2, 0.25) is 5.15 Å². The third kappa shape index (κ3) is 20.3. The molecule has 3 aliphatic rings. The molecular weight excluding hydrogens is 1220 g/mol. The minimum Gasteiger partial charge on any atom is -0.464 e. The van der Waals surface area contributed by atoms with Crippen LogP contribution in [0.1, 0.15) is 73.9 Å². The molecule has 11 rings (SSSR count). The molecular formula is C64H75ClN16O8S2. The Morgan fingerprint density at radius 3 is 1.29 bits per heavy atom. The highest BCUT2D eigenvalue weighted by Crippen LogP contribution is 2.31. The molecule has 27 heteroatoms. The van der Waals surface area contributed by atoms with Gasteiger partial charge in [-0.15, -0.1) is 22.7 Å². The molecule has 24 nitrogen and oxygen atoms in total. The average Bonchev–Trinajstić information content (AvgIpc) is 2.45. The summed E-state index contributed by atoms with van der Waals surface area (Å²) in [4.78, 5) is 109. The maximum absolute atomic E-state index is 13.1. The van der Waals surface area contributed by atoms with Gasteiger partial charge in [0.15, 0.2) is 23.0 Å². The highest BCUT2D eigenvalue weighted by molar-refractivity contribution is 7.13. The van der Waals surface area contributed by atoms with Gasteiger partial charge >= 0.3 is 18.0 Å². The fourth-order valence-electron chi connectivity index (χ4n) is 9.33. The monoisotopic (exact) mass is 1290 g/mol. The Morgan fingerprint density at radius 1 is 0.516 bits per heavy atom. The molecule has 0 unspecified atom stereocenters. The van der Waals surface area contributed by atoms with E-state index in [9.17, 15) is 24.0 Å². The molecule has 0 saturated carbocycles. The number of hydrogen-bond donors (Lipinski definition) is 2. The molecule has 8 aromatic rings. The molecule has 0 radical (unpaired) electrons. The summed E-state index contributed by atoms with van der Waals surface area (Å²) in [6, 6.07) is 19.6. The molecule has 2 aromatic carbocycles. The number of ketones is 2. The third-order valence-electron chi connectivity index (χ3n) is 14.6. The molecule has 91 heavy (non-hydrogen) atoms. The predicted octanol–water partition coefficient (Wildman–Crippen LogP) is 8.63. The number of esters is 2. The number of nitrogens with two attached hydrogens (primary N) is 1. The van der Waals surface area contributed by atoms with Crippen LogP contribution < -0.4 is 25.8 Å². The van der Waals surface area contributed by atoms with Crippen LogP contribution in [0.4, 0.5) is 33.6 Å². The third-order valence-corrected chi connectivity index (χ3v) is 16.6. The van der Waals surface area contributed by atoms with Crippen LogP contribution in [0.5, 0.6) is 0 Å². The van der Waals surface area contributed by atoms with Crippen molar-refractivity contribution in [2.45, 2.75) is 39.2 Å². The van der Waals surface area contributed by atoms with E-state index in [0.717, 1.165) is 122 Å². The number of aromatic nitrogens is 8. The van der Waals surface area contributed by atoms with Crippen LogP contribution in [-0.4, -0.2) is 204 Å². The van der Waals surface area contributed by atoms with Crippen molar-refractivity contribution < 1.29 is 38.2 Å². The van der Waals surface area contributed by atoms with Gasteiger partial charge in [0.05, 0.1) is 63.8 Å². The number of methoxy groups -OCH3 is 2. The molecule has 9 heterocycles. The summed E-state index contributed by atoms with van der Waals surface area (Å²) in [7, 11) is 8.93. The number of halogens is 1. The Kier molecular flexibility index (Phi) is 24.4. The molecule has 3 aliphatic heterocycles. The number of nitrogen functional groups attached to an aromatic ring is 1. The van der Waals surface area contributed by atoms with Crippen LogP contribution in [0.15, 0.2) is 121 Å². The number of nitrogens with zero attached hydrogens (tertiary/aromatic N) is 14. The number of hydrogen-bond acceptors (Lipinski definition) is 25. The molecule has 3 fully saturated rings. The summed E-state index contributed by atoms with van der Waals surface area (Å²) in [5.74, 6) is 1.19. The lowest BCUT2D eigenvalue weighted by Crippen LogP contribution is -2.44. The second-order valence-corrected chi connectivity index (χ2v) is 24.7. The predicted molar refractivity (Wildman–Crippen MR) is 355 cm³/mol. The van der Waals surface area contributed by atoms with Gasteiger partial charge in [-0.25, -0.2) is 54.3 Å². The van der Waals surface area contributed by atoms with Gasteiger partial charge in [-0.2, -0.15) is 0 Å². The smallest absolute Gasteiger partial charge is 0.412 e. The fraction of sp³-hybridized carbons (Fsp3) is 0.359. The number of Topliss-reactive ketones (excluding diaryl/α,β-unsaturated/α-hetero) is 2. The van der Waals surface area contributed by atoms with Gasteiger partial charge in [-0.05, 0) is 111 Å². The van der Waals surface area contributed by atoms with Crippen LogP contribution in [0.25, 0.3) is 20.9 Å². The molecule has 478 valence electrons. The van der Waals surface area contributed by atoms with E-state index >= 15 is 0 Å². The van der Waals surface area contributed by atoms with Crippen molar-refractivity contribution >= 4 is 92.7 Å². The van der Waals surface area contributed by atoms with Gasteiger partial charge in [-0.3, -0.25) is 14.9 Å². The second kappa shape index (κ2) is 32.7. The van der Waals surface area contributed by atoms with E-state index in [2.05, 4.69) is 111 Å². The Hall–Kier alpha value is -8.92. The zero-order chi connectivity index (χ0) is 65.0. The number of nitrogens with one attached hydrogen (secondary N) is 1. The number of ether oxygens (including phenoxy) is 3. The van der Waals surface area contributed by atoms with Crippen molar-refractivity contribution in [3.05, 3.63) is 160 Å². The molecule has 0 spiro atoms. The molecule has 6 aromatic heterocycles. The van der Waals surface area contributed by atoms with Crippen LogP contribution in [0, 0.1) is 0 Å². The Morgan fingerprint density at radius 2 is 0.912 bits per heavy atom. The van der Waals surface area contributed by atoms with E-state index < -0.39 is 23.6 Å². The number of rotatable bonds is 14. The molecule has 3 saturated heterocycles. The lowest BCUT2D eigenvalue weighted by molar-refractivity contribution is 0.0584. The number of carbonyl (C=O) groups excluding carboxylic acids is 5. The number of thiophene rings is 2. The summed E-state index contributed by atoms with van der Waals surface area (Å²) in [5, 5.41) is 7.08. The number of carbonyl (C=O) groups is 5. The van der Waals surface area contributed by atoms with E-state index in [1.54, 1.807) is 74.4 Å². The minimum atomic E-state index is -0.627. The summed E-state index contributed by atoms with van der Waals surface area (Å²) in [5.41, 5.74) is 11.3. The van der Waals surface area contributed by atoms with Gasteiger partial charge < -0.3 is 49.3 Å². The number of piperazine rings is 3. The Bertz CT molecular complexity index is 3650.